The molecule has 0 saturated heterocycles. The van der Waals surface area contributed by atoms with Gasteiger partial charge in [0, 0.05) is 23.1 Å². The van der Waals surface area contributed by atoms with Crippen molar-refractivity contribution in [3.05, 3.63) is 62.7 Å². The molecule has 2 rings (SSSR count). The number of thiophene rings is 1. The van der Waals surface area contributed by atoms with E-state index < -0.39 is 28.8 Å². The number of Topliss-reactive ketones (excluding diaryl/α,β-unsaturated/α-hetero) is 1. The number of aromatic hydroxyl groups is 1. The summed E-state index contributed by atoms with van der Waals surface area (Å²) in [5.41, 5.74) is -0.982. The van der Waals surface area contributed by atoms with Crippen LogP contribution in [0.5, 0.6) is 10.8 Å². The van der Waals surface area contributed by atoms with E-state index in [2.05, 4.69) is 10.1 Å². The molecular weight excluding hydrogens is 446 g/mol. The van der Waals surface area contributed by atoms with Gasteiger partial charge in [-0.1, -0.05) is 24.3 Å². The predicted octanol–water partition coefficient (Wildman–Crippen LogP) is 5.23. The van der Waals surface area contributed by atoms with Crippen LogP contribution in [-0.2, 0) is 4.74 Å². The van der Waals surface area contributed by atoms with E-state index in [1.807, 2.05) is 32.9 Å². The molecule has 1 amide bonds. The van der Waals surface area contributed by atoms with Crippen molar-refractivity contribution in [2.24, 2.45) is 0 Å². The number of carbonyl (C=O) groups is 2. The maximum absolute atomic E-state index is 12.8. The Kier molecular flexibility index (Phi) is 9.47. The summed E-state index contributed by atoms with van der Waals surface area (Å²) in [6.45, 7) is 7.26. The van der Waals surface area contributed by atoms with Crippen LogP contribution in [0.15, 0.2) is 45.3 Å². The van der Waals surface area contributed by atoms with E-state index in [1.54, 1.807) is 19.1 Å². The Hall–Kier alpha value is -3.33. The van der Waals surface area contributed by atoms with Crippen molar-refractivity contribution in [3.63, 3.8) is 0 Å². The highest BCUT2D eigenvalue weighted by atomic mass is 32.1. The first-order valence-electron chi connectivity index (χ1n) is 10.5. The summed E-state index contributed by atoms with van der Waals surface area (Å²) in [7, 11) is 1.27. The highest BCUT2D eigenvalue weighted by molar-refractivity contribution is 7.14. The number of rotatable bonds is 10. The van der Waals surface area contributed by atoms with E-state index in [4.69, 9.17) is 9.15 Å². The lowest BCUT2D eigenvalue weighted by molar-refractivity contribution is 0.102. The monoisotopic (exact) mass is 475 g/mol. The number of hydrogen-bond donors (Lipinski definition) is 2. The number of amides is 1. The second kappa shape index (κ2) is 12.1. The van der Waals surface area contributed by atoms with Gasteiger partial charge in [0.15, 0.2) is 10.8 Å². The molecule has 33 heavy (non-hydrogen) atoms. The fourth-order valence-corrected chi connectivity index (χ4v) is 3.87. The Labute approximate surface area is 196 Å². The maximum atomic E-state index is 12.8. The van der Waals surface area contributed by atoms with Gasteiger partial charge in [0.25, 0.3) is 0 Å². The van der Waals surface area contributed by atoms with E-state index in [0.717, 1.165) is 9.94 Å². The number of ether oxygens (including phenoxy) is 2. The zero-order chi connectivity index (χ0) is 24.5. The minimum Gasteiger partial charge on any atom is -0.507 e. The van der Waals surface area contributed by atoms with Crippen molar-refractivity contribution in [1.29, 1.82) is 0 Å². The number of hydrogen-bond acceptors (Lipinski definition) is 8. The summed E-state index contributed by atoms with van der Waals surface area (Å²) in [6, 6.07) is 4.95. The molecule has 1 unspecified atom stereocenters. The van der Waals surface area contributed by atoms with E-state index in [9.17, 15) is 19.5 Å². The van der Waals surface area contributed by atoms with Gasteiger partial charge in [-0.3, -0.25) is 10.1 Å². The van der Waals surface area contributed by atoms with Crippen LogP contribution in [0.2, 0.25) is 0 Å². The molecule has 0 saturated carbocycles. The van der Waals surface area contributed by atoms with Crippen molar-refractivity contribution in [1.82, 2.24) is 5.32 Å². The lowest BCUT2D eigenvalue weighted by Gasteiger charge is -2.11. The third-order valence-electron chi connectivity index (χ3n) is 4.60. The molecule has 0 fully saturated rings. The fraction of sp³-hybridized carbons (Fsp3) is 0.375. The number of alkyl carbamates (subject to hydrolysis) is 1. The van der Waals surface area contributed by atoms with E-state index >= 15 is 0 Å². The van der Waals surface area contributed by atoms with Gasteiger partial charge in [-0.15, -0.1) is 0 Å². The smallest absolute Gasteiger partial charge is 0.410 e. The zero-order valence-electron chi connectivity index (χ0n) is 19.3. The van der Waals surface area contributed by atoms with Crippen LogP contribution in [0.4, 0.5) is 4.79 Å². The summed E-state index contributed by atoms with van der Waals surface area (Å²) in [5, 5.41) is 13.6. The molecule has 0 aliphatic rings. The molecule has 2 heterocycles. The third kappa shape index (κ3) is 7.64. The zero-order valence-corrected chi connectivity index (χ0v) is 20.2. The van der Waals surface area contributed by atoms with Crippen LogP contribution in [-0.4, -0.2) is 30.2 Å². The lowest BCUT2D eigenvalue weighted by Crippen LogP contribution is -2.16. The molecule has 0 spiro atoms. The highest BCUT2D eigenvalue weighted by Crippen LogP contribution is 2.29. The summed E-state index contributed by atoms with van der Waals surface area (Å²) < 4.78 is 15.4. The SMILES string of the molecule is COC(=O)N/C=C/CCC(C)c1cc(O)c(C(=O)/C(C)=C/c2ccc(OC(C)C)s2)c(=O)o1. The van der Waals surface area contributed by atoms with Gasteiger partial charge in [-0.05, 0) is 57.4 Å². The number of methoxy groups -OCH3 is 1. The van der Waals surface area contributed by atoms with Gasteiger partial charge in [-0.2, -0.15) is 0 Å². The van der Waals surface area contributed by atoms with E-state index in [0.29, 0.717) is 18.4 Å². The van der Waals surface area contributed by atoms with Crippen LogP contribution in [0, 0.1) is 0 Å². The van der Waals surface area contributed by atoms with Gasteiger partial charge in [0.05, 0.1) is 13.2 Å². The third-order valence-corrected chi connectivity index (χ3v) is 5.53. The highest BCUT2D eigenvalue weighted by Gasteiger charge is 2.22. The average molecular weight is 476 g/mol. The van der Waals surface area contributed by atoms with Crippen LogP contribution in [0.25, 0.3) is 6.08 Å². The molecule has 0 radical (unpaired) electrons. The first kappa shape index (κ1) is 25.9. The molecule has 2 aromatic rings. The molecule has 0 aromatic carbocycles. The minimum absolute atomic E-state index is 0.0400. The molecular formula is C24H29NO7S. The van der Waals surface area contributed by atoms with Crippen molar-refractivity contribution in [2.45, 2.75) is 52.6 Å². The van der Waals surface area contributed by atoms with Crippen molar-refractivity contribution < 1.29 is 28.6 Å². The fourth-order valence-electron chi connectivity index (χ4n) is 2.89. The normalized spacial score (nSPS) is 12.7. The summed E-state index contributed by atoms with van der Waals surface area (Å²) in [4.78, 5) is 37.1. The van der Waals surface area contributed by atoms with Crippen molar-refractivity contribution in [2.75, 3.05) is 7.11 Å². The molecule has 2 N–H and O–H groups in total. The Morgan fingerprint density at radius 2 is 2.00 bits per heavy atom. The summed E-state index contributed by atoms with van der Waals surface area (Å²) >= 11 is 1.38. The molecule has 9 heteroatoms. The first-order chi connectivity index (χ1) is 15.6. The van der Waals surface area contributed by atoms with Crippen LogP contribution in [0.3, 0.4) is 0 Å². The second-order valence-corrected chi connectivity index (χ2v) is 8.77. The van der Waals surface area contributed by atoms with Crippen LogP contribution >= 0.6 is 11.3 Å². The standard InChI is InChI=1S/C24H29NO7S/c1-14(2)31-20-10-9-17(33-20)12-16(4)22(27)21-18(26)13-19(32-23(21)28)15(3)8-6-7-11-25-24(29)30-5/h7,9-15,26H,6,8H2,1-5H3,(H,25,29)/b11-7+,16-12+. The number of allylic oxidation sites excluding steroid dienone is 2. The van der Waals surface area contributed by atoms with Gasteiger partial charge >= 0.3 is 11.7 Å². The topological polar surface area (TPSA) is 115 Å². The Balaban J connectivity index is 2.10. The average Bonchev–Trinajstić information content (AvgIpc) is 3.18. The summed E-state index contributed by atoms with van der Waals surface area (Å²) in [5.74, 6) is -0.933. The van der Waals surface area contributed by atoms with Gasteiger partial charge in [-0.25, -0.2) is 9.59 Å². The van der Waals surface area contributed by atoms with Gasteiger partial charge in [0.1, 0.15) is 17.1 Å². The molecule has 8 nitrogen and oxygen atoms in total. The molecule has 1 atom stereocenters. The quantitative estimate of drug-likeness (QED) is 0.357. The van der Waals surface area contributed by atoms with Gasteiger partial charge in [0.2, 0.25) is 0 Å². The Morgan fingerprint density at radius 3 is 2.64 bits per heavy atom. The number of ketones is 1. The molecule has 0 aliphatic carbocycles. The van der Waals surface area contributed by atoms with Crippen LogP contribution < -0.4 is 15.7 Å². The minimum atomic E-state index is -0.882. The van der Waals surface area contributed by atoms with Crippen molar-refractivity contribution in [3.8, 4) is 10.8 Å². The van der Waals surface area contributed by atoms with E-state index in [-0.39, 0.29) is 17.8 Å². The van der Waals surface area contributed by atoms with Gasteiger partial charge < -0.3 is 19.0 Å². The molecule has 178 valence electrons. The largest absolute Gasteiger partial charge is 0.507 e. The Bertz CT molecular complexity index is 1090. The first-order valence-corrected chi connectivity index (χ1v) is 11.3. The molecule has 0 aliphatic heterocycles. The second-order valence-electron chi connectivity index (χ2n) is 7.69. The van der Waals surface area contributed by atoms with Crippen molar-refractivity contribution >= 4 is 29.3 Å². The Morgan fingerprint density at radius 1 is 1.27 bits per heavy atom. The number of nitrogens with one attached hydrogen (secondary N) is 1. The number of carbonyl (C=O) groups excluding carboxylic acids is 2. The van der Waals surface area contributed by atoms with Crippen LogP contribution in [0.1, 0.15) is 67.4 Å². The predicted molar refractivity (Wildman–Crippen MR) is 127 cm³/mol. The molecule has 2 aromatic heterocycles. The lowest BCUT2D eigenvalue weighted by atomic mass is 10.00. The summed E-state index contributed by atoms with van der Waals surface area (Å²) in [6.07, 6.45) is 5.49. The maximum Gasteiger partial charge on any atom is 0.410 e. The van der Waals surface area contributed by atoms with E-state index in [1.165, 1.54) is 30.7 Å². The molecule has 0 bridgehead atoms.